The van der Waals surface area contributed by atoms with Crippen molar-refractivity contribution >= 4 is 11.8 Å². The zero-order valence-corrected chi connectivity index (χ0v) is 15.3. The van der Waals surface area contributed by atoms with Crippen LogP contribution in [0.3, 0.4) is 0 Å². The number of carbonyl (C=O) groups excluding carboxylic acids is 2. The fourth-order valence-electron chi connectivity index (χ4n) is 2.66. The van der Waals surface area contributed by atoms with Crippen molar-refractivity contribution in [3.8, 4) is 29.1 Å². The molecule has 144 valence electrons. The zero-order valence-electron chi connectivity index (χ0n) is 15.3. The van der Waals surface area contributed by atoms with Crippen LogP contribution < -0.4 is 25.3 Å². The van der Waals surface area contributed by atoms with Gasteiger partial charge in [-0.15, -0.1) is 0 Å². The minimum atomic E-state index is -0.754. The van der Waals surface area contributed by atoms with Crippen molar-refractivity contribution in [2.24, 2.45) is 5.73 Å². The van der Waals surface area contributed by atoms with Gasteiger partial charge in [-0.25, -0.2) is 0 Å². The number of primary amides is 1. The monoisotopic (exact) mass is 380 g/mol. The second-order valence-electron chi connectivity index (χ2n) is 6.03. The van der Waals surface area contributed by atoms with Crippen LogP contribution in [-0.4, -0.2) is 37.2 Å². The van der Waals surface area contributed by atoms with E-state index in [1.165, 1.54) is 0 Å². The predicted octanol–water partition coefficient (Wildman–Crippen LogP) is 1.51. The van der Waals surface area contributed by atoms with E-state index < -0.39 is 18.1 Å². The van der Waals surface area contributed by atoms with Crippen molar-refractivity contribution in [2.45, 2.75) is 19.1 Å². The Kier molecular flexibility index (Phi) is 6.02. The van der Waals surface area contributed by atoms with Gasteiger partial charge in [0.15, 0.2) is 11.5 Å². The molecular formula is C21H20N2O5. The summed E-state index contributed by atoms with van der Waals surface area (Å²) < 4.78 is 16.9. The maximum Gasteiger partial charge on any atom is 0.265 e. The molecule has 0 radical (unpaired) electrons. The fraction of sp³-hybridized carbons (Fsp3) is 0.238. The molecular weight excluding hydrogens is 360 g/mol. The summed E-state index contributed by atoms with van der Waals surface area (Å²) in [5.74, 6) is 6.21. The van der Waals surface area contributed by atoms with Gasteiger partial charge in [0.1, 0.15) is 18.5 Å². The number of benzene rings is 2. The predicted molar refractivity (Wildman–Crippen MR) is 102 cm³/mol. The average molecular weight is 380 g/mol. The second-order valence-corrected chi connectivity index (χ2v) is 6.03. The van der Waals surface area contributed by atoms with Gasteiger partial charge in [-0.05, 0) is 31.2 Å². The first-order valence-electron chi connectivity index (χ1n) is 8.73. The Morgan fingerprint density at radius 1 is 1.07 bits per heavy atom. The largest absolute Gasteiger partial charge is 0.482 e. The number of amides is 2. The van der Waals surface area contributed by atoms with Crippen LogP contribution in [0.25, 0.3) is 0 Å². The number of carbonyl (C=O) groups is 2. The quantitative estimate of drug-likeness (QED) is 0.766. The number of nitrogens with one attached hydrogen (secondary N) is 1. The fourth-order valence-corrected chi connectivity index (χ4v) is 2.66. The van der Waals surface area contributed by atoms with Crippen LogP contribution in [-0.2, 0) is 4.79 Å². The third kappa shape index (κ3) is 4.54. The SMILES string of the molecule is C[C@@H]1Oc2ccccc2O[C@@H]1C(=O)NCC#CCOc1ccccc1C(N)=O. The summed E-state index contributed by atoms with van der Waals surface area (Å²) in [5.41, 5.74) is 5.58. The minimum Gasteiger partial charge on any atom is -0.482 e. The van der Waals surface area contributed by atoms with Crippen LogP contribution in [0.1, 0.15) is 17.3 Å². The van der Waals surface area contributed by atoms with E-state index in [-0.39, 0.29) is 19.1 Å². The zero-order chi connectivity index (χ0) is 19.9. The van der Waals surface area contributed by atoms with Gasteiger partial charge in [-0.1, -0.05) is 36.1 Å². The maximum atomic E-state index is 12.3. The highest BCUT2D eigenvalue weighted by molar-refractivity contribution is 5.95. The molecule has 1 aliphatic rings. The Hall–Kier alpha value is -3.66. The molecule has 2 aromatic rings. The number of fused-ring (bicyclic) bond motifs is 1. The summed E-state index contributed by atoms with van der Waals surface area (Å²) in [6, 6.07) is 13.9. The summed E-state index contributed by atoms with van der Waals surface area (Å²) >= 11 is 0. The molecule has 0 fully saturated rings. The molecule has 0 aromatic heterocycles. The molecule has 7 nitrogen and oxygen atoms in total. The summed E-state index contributed by atoms with van der Waals surface area (Å²) in [4.78, 5) is 23.6. The molecule has 2 atom stereocenters. The van der Waals surface area contributed by atoms with Crippen LogP contribution in [0.5, 0.6) is 17.2 Å². The van der Waals surface area contributed by atoms with Gasteiger partial charge in [0.05, 0.1) is 12.1 Å². The molecule has 7 heteroatoms. The van der Waals surface area contributed by atoms with E-state index in [2.05, 4.69) is 17.2 Å². The van der Waals surface area contributed by atoms with E-state index in [9.17, 15) is 9.59 Å². The maximum absolute atomic E-state index is 12.3. The Morgan fingerprint density at radius 2 is 1.75 bits per heavy atom. The third-order valence-corrected chi connectivity index (χ3v) is 4.03. The van der Waals surface area contributed by atoms with Gasteiger partial charge in [-0.2, -0.15) is 0 Å². The molecule has 0 spiro atoms. The van der Waals surface area contributed by atoms with E-state index in [1.54, 1.807) is 43.3 Å². The van der Waals surface area contributed by atoms with Gasteiger partial charge in [0, 0.05) is 0 Å². The molecule has 0 saturated heterocycles. The number of nitrogens with two attached hydrogens (primary N) is 1. The molecule has 2 amide bonds. The van der Waals surface area contributed by atoms with Crippen molar-refractivity contribution in [1.82, 2.24) is 5.32 Å². The molecule has 0 saturated carbocycles. The molecule has 1 aliphatic heterocycles. The summed E-state index contributed by atoms with van der Waals surface area (Å²) in [6.07, 6.45) is -1.17. The second kappa shape index (κ2) is 8.82. The van der Waals surface area contributed by atoms with Gasteiger partial charge >= 0.3 is 0 Å². The molecule has 2 aromatic carbocycles. The lowest BCUT2D eigenvalue weighted by Crippen LogP contribution is -2.49. The Bertz CT molecular complexity index is 932. The molecule has 3 rings (SSSR count). The van der Waals surface area contributed by atoms with Crippen LogP contribution >= 0.6 is 0 Å². The van der Waals surface area contributed by atoms with Gasteiger partial charge in [0.25, 0.3) is 11.8 Å². The molecule has 1 heterocycles. The first-order valence-corrected chi connectivity index (χ1v) is 8.73. The lowest BCUT2D eigenvalue weighted by Gasteiger charge is -2.30. The first kappa shape index (κ1) is 19.1. The van der Waals surface area contributed by atoms with Crippen molar-refractivity contribution in [2.75, 3.05) is 13.2 Å². The van der Waals surface area contributed by atoms with Gasteiger partial charge in [-0.3, -0.25) is 9.59 Å². The van der Waals surface area contributed by atoms with Gasteiger partial charge < -0.3 is 25.3 Å². The molecule has 3 N–H and O–H groups in total. The van der Waals surface area contributed by atoms with Crippen LogP contribution in [0.4, 0.5) is 0 Å². The molecule has 0 aliphatic carbocycles. The van der Waals surface area contributed by atoms with Gasteiger partial charge in [0.2, 0.25) is 6.10 Å². The van der Waals surface area contributed by atoms with Crippen LogP contribution in [0.2, 0.25) is 0 Å². The van der Waals surface area contributed by atoms with E-state index in [4.69, 9.17) is 19.9 Å². The average Bonchev–Trinajstić information content (AvgIpc) is 2.70. The topological polar surface area (TPSA) is 99.9 Å². The van der Waals surface area contributed by atoms with Crippen molar-refractivity contribution < 1.29 is 23.8 Å². The number of hydrogen-bond acceptors (Lipinski definition) is 5. The van der Waals surface area contributed by atoms with Crippen molar-refractivity contribution in [1.29, 1.82) is 0 Å². The normalized spacial score (nSPS) is 17.0. The van der Waals surface area contributed by atoms with E-state index in [1.807, 2.05) is 12.1 Å². The minimum absolute atomic E-state index is 0.0625. The summed E-state index contributed by atoms with van der Waals surface area (Å²) in [6.45, 7) is 1.97. The highest BCUT2D eigenvalue weighted by Gasteiger charge is 2.33. The highest BCUT2D eigenvalue weighted by Crippen LogP contribution is 2.33. The van der Waals surface area contributed by atoms with Crippen LogP contribution in [0.15, 0.2) is 48.5 Å². The van der Waals surface area contributed by atoms with E-state index in [0.29, 0.717) is 22.8 Å². The number of rotatable bonds is 5. The lowest BCUT2D eigenvalue weighted by molar-refractivity contribution is -0.133. The molecule has 0 unspecified atom stereocenters. The molecule has 0 bridgehead atoms. The standard InChI is InChI=1S/C21H20N2O5/c1-14-19(28-18-11-5-4-10-17(18)27-14)21(25)23-12-6-7-13-26-16-9-3-2-8-15(16)20(22)24/h2-5,8-11,14,19H,12-13H2,1H3,(H2,22,24)(H,23,25)/t14-,19-/m0/s1. The van der Waals surface area contributed by atoms with E-state index in [0.717, 1.165) is 0 Å². The molecule has 28 heavy (non-hydrogen) atoms. The van der Waals surface area contributed by atoms with Crippen molar-refractivity contribution in [3.05, 3.63) is 54.1 Å². The lowest BCUT2D eigenvalue weighted by atomic mass is 10.1. The van der Waals surface area contributed by atoms with E-state index >= 15 is 0 Å². The van der Waals surface area contributed by atoms with Crippen LogP contribution in [0, 0.1) is 11.8 Å². The smallest absolute Gasteiger partial charge is 0.265 e. The highest BCUT2D eigenvalue weighted by atomic mass is 16.6. The van der Waals surface area contributed by atoms with Crippen molar-refractivity contribution in [3.63, 3.8) is 0 Å². The third-order valence-electron chi connectivity index (χ3n) is 4.03. The number of para-hydroxylation sites is 3. The first-order chi connectivity index (χ1) is 13.6. The number of hydrogen-bond donors (Lipinski definition) is 2. The Morgan fingerprint density at radius 3 is 2.50 bits per heavy atom. The Balaban J connectivity index is 1.47. The summed E-state index contributed by atoms with van der Waals surface area (Å²) in [5, 5.41) is 2.69. The number of ether oxygens (including phenoxy) is 3. The Labute approximate surface area is 162 Å². The summed E-state index contributed by atoms with van der Waals surface area (Å²) in [7, 11) is 0.